The summed E-state index contributed by atoms with van der Waals surface area (Å²) in [5.74, 6) is -3.86. The highest BCUT2D eigenvalue weighted by Crippen LogP contribution is 2.43. The van der Waals surface area contributed by atoms with Crippen LogP contribution < -0.4 is 0 Å². The van der Waals surface area contributed by atoms with Crippen molar-refractivity contribution in [2.24, 2.45) is 0 Å². The third-order valence-corrected chi connectivity index (χ3v) is 2.67. The van der Waals surface area contributed by atoms with Gasteiger partial charge in [-0.15, -0.1) is 0 Å². The maximum Gasteiger partial charge on any atom is 0.367 e. The fourth-order valence-electron chi connectivity index (χ4n) is 0.612. The second kappa shape index (κ2) is 5.04. The second-order valence-corrected chi connectivity index (χ2v) is 5.74. The molecule has 0 heterocycles. The molecule has 0 saturated carbocycles. The van der Waals surface area contributed by atoms with E-state index in [-0.39, 0.29) is 6.61 Å². The highest BCUT2D eigenvalue weighted by Gasteiger charge is 2.41. The van der Waals surface area contributed by atoms with Gasteiger partial charge in [0.1, 0.15) is 0 Å². The minimum atomic E-state index is -5.03. The minimum Gasteiger partial charge on any atom is -0.464 e. The molecule has 15 heavy (non-hydrogen) atoms. The highest BCUT2D eigenvalue weighted by atomic mass is 32.2. The van der Waals surface area contributed by atoms with Gasteiger partial charge in [0.05, 0.1) is 12.9 Å². The predicted molar refractivity (Wildman–Crippen MR) is 48.4 cm³/mol. The summed E-state index contributed by atoms with van der Waals surface area (Å²) in [7, 11) is -9.20. The van der Waals surface area contributed by atoms with Gasteiger partial charge >= 0.3 is 13.6 Å². The van der Waals surface area contributed by atoms with Gasteiger partial charge in [-0.05, 0) is 6.92 Å². The number of carbonyl (C=O) groups excluding carboxylic acids is 1. The van der Waals surface area contributed by atoms with Gasteiger partial charge in [0, 0.05) is 0 Å². The van der Waals surface area contributed by atoms with Crippen LogP contribution in [-0.4, -0.2) is 42.9 Å². The average Bonchev–Trinajstić information content (AvgIpc) is 1.97. The molecule has 0 aliphatic heterocycles. The maximum atomic E-state index is 11.0. The number of hydrogen-bond acceptors (Lipinski definition) is 6. The van der Waals surface area contributed by atoms with E-state index in [0.717, 1.165) is 0 Å². The van der Waals surface area contributed by atoms with Crippen molar-refractivity contribution in [3.05, 3.63) is 0 Å². The molecule has 0 aliphatic rings. The summed E-state index contributed by atoms with van der Waals surface area (Å²) in [4.78, 5) is 28.3. The molecule has 0 bridgehead atoms. The molecule has 8 nitrogen and oxygen atoms in total. The zero-order valence-corrected chi connectivity index (χ0v) is 9.69. The molecular weight excluding hydrogens is 251 g/mol. The van der Waals surface area contributed by atoms with E-state index in [1.54, 1.807) is 0 Å². The van der Waals surface area contributed by atoms with E-state index in [1.165, 1.54) is 6.92 Å². The zero-order chi connectivity index (χ0) is 12.3. The summed E-state index contributed by atoms with van der Waals surface area (Å²) in [6, 6.07) is 0. The van der Waals surface area contributed by atoms with Crippen molar-refractivity contribution < 1.29 is 36.5 Å². The van der Waals surface area contributed by atoms with Crippen LogP contribution in [0.25, 0.3) is 0 Å². The fourth-order valence-corrected chi connectivity index (χ4v) is 2.29. The third-order valence-electron chi connectivity index (χ3n) is 1.06. The van der Waals surface area contributed by atoms with Gasteiger partial charge in [-0.3, -0.25) is 4.57 Å². The van der Waals surface area contributed by atoms with Crippen LogP contribution in [0.2, 0.25) is 0 Å². The number of rotatable bonds is 5. The molecule has 10 heteroatoms. The summed E-state index contributed by atoms with van der Waals surface area (Å²) in [5.41, 5.74) is 0. The van der Waals surface area contributed by atoms with Crippen LogP contribution in [0.1, 0.15) is 6.92 Å². The molecule has 0 aliphatic carbocycles. The fraction of sp³-hybridized carbons (Fsp3) is 0.800. The van der Waals surface area contributed by atoms with Crippen LogP contribution in [0, 0.1) is 0 Å². The van der Waals surface area contributed by atoms with E-state index in [9.17, 15) is 17.8 Å². The topological polar surface area (TPSA) is 127 Å². The van der Waals surface area contributed by atoms with Crippen molar-refractivity contribution in [3.63, 3.8) is 0 Å². The predicted octanol–water partition coefficient (Wildman–Crippen LogP) is -0.970. The first-order valence-corrected chi connectivity index (χ1v) is 7.18. The van der Waals surface area contributed by atoms with Crippen LogP contribution in [0.15, 0.2) is 0 Å². The van der Waals surface area contributed by atoms with E-state index in [1.807, 2.05) is 0 Å². The maximum absolute atomic E-state index is 11.0. The monoisotopic (exact) mass is 262 g/mol. The molecule has 0 radical (unpaired) electrons. The largest absolute Gasteiger partial charge is 0.464 e. The van der Waals surface area contributed by atoms with Crippen molar-refractivity contribution in [2.45, 2.75) is 12.8 Å². The van der Waals surface area contributed by atoms with Gasteiger partial charge in [0.25, 0.3) is 16.0 Å². The van der Waals surface area contributed by atoms with Gasteiger partial charge in [0.2, 0.25) is 0 Å². The van der Waals surface area contributed by atoms with Crippen LogP contribution >= 0.6 is 7.60 Å². The Labute approximate surface area is 86.5 Å². The number of esters is 1. The van der Waals surface area contributed by atoms with Gasteiger partial charge in [-0.2, -0.15) is 8.42 Å². The molecule has 0 fully saturated rings. The van der Waals surface area contributed by atoms with Crippen LogP contribution in [-0.2, 0) is 28.4 Å². The van der Waals surface area contributed by atoms with Crippen molar-refractivity contribution >= 4 is 23.7 Å². The van der Waals surface area contributed by atoms with Crippen LogP contribution in [0.5, 0.6) is 0 Å². The molecule has 0 aromatic carbocycles. The molecular formula is C5H11O8PS. The van der Waals surface area contributed by atoms with Gasteiger partial charge < -0.3 is 14.5 Å². The second-order valence-electron chi connectivity index (χ2n) is 2.49. The third kappa shape index (κ3) is 5.85. The summed E-state index contributed by atoms with van der Waals surface area (Å²) >= 11 is 0. The molecule has 0 rings (SSSR count). The van der Waals surface area contributed by atoms with E-state index in [0.29, 0.717) is 6.26 Å². The Bertz CT molecular complexity index is 366. The van der Waals surface area contributed by atoms with Crippen molar-refractivity contribution in [3.8, 4) is 0 Å². The summed E-state index contributed by atoms with van der Waals surface area (Å²) in [6.45, 7) is 1.25. The molecule has 90 valence electrons. The molecule has 0 amide bonds. The van der Waals surface area contributed by atoms with Gasteiger partial charge in [-0.1, -0.05) is 0 Å². The summed E-state index contributed by atoms with van der Waals surface area (Å²) in [5, 5.41) is 0. The summed E-state index contributed by atoms with van der Waals surface area (Å²) < 4.78 is 40.2. The number of carbonyl (C=O) groups is 1. The molecule has 2 N–H and O–H groups in total. The lowest BCUT2D eigenvalue weighted by atomic mass is 10.7. The lowest BCUT2D eigenvalue weighted by molar-refractivity contribution is -0.148. The van der Waals surface area contributed by atoms with Crippen molar-refractivity contribution in [1.82, 2.24) is 0 Å². The quantitative estimate of drug-likeness (QED) is 0.368. The van der Waals surface area contributed by atoms with Gasteiger partial charge in [0.15, 0.2) is 0 Å². The Balaban J connectivity index is 4.92. The smallest absolute Gasteiger partial charge is 0.367 e. The van der Waals surface area contributed by atoms with E-state index >= 15 is 0 Å². The molecule has 0 spiro atoms. The van der Waals surface area contributed by atoms with Crippen LogP contribution in [0.4, 0.5) is 0 Å². The molecule has 0 aromatic heterocycles. The van der Waals surface area contributed by atoms with Gasteiger partial charge in [-0.25, -0.2) is 8.98 Å². The highest BCUT2D eigenvalue weighted by molar-refractivity contribution is 7.86. The van der Waals surface area contributed by atoms with E-state index in [2.05, 4.69) is 8.92 Å². The number of hydrogen-bond donors (Lipinski definition) is 2. The SMILES string of the molecule is CCOC(=O)C(OS(C)(=O)=O)P(=O)(O)O. The van der Waals surface area contributed by atoms with Crippen molar-refractivity contribution in [2.75, 3.05) is 12.9 Å². The Kier molecular flexibility index (Phi) is 4.88. The molecule has 1 atom stereocenters. The minimum absolute atomic E-state index is 0.150. The first-order valence-electron chi connectivity index (χ1n) is 3.68. The Morgan fingerprint density at radius 3 is 2.20 bits per heavy atom. The Hall–Kier alpha value is -0.470. The average molecular weight is 262 g/mol. The Morgan fingerprint density at radius 2 is 1.93 bits per heavy atom. The first kappa shape index (κ1) is 14.5. The first-order chi connectivity index (χ1) is 6.58. The van der Waals surface area contributed by atoms with E-state index < -0.39 is 29.5 Å². The van der Waals surface area contributed by atoms with E-state index in [4.69, 9.17) is 9.79 Å². The summed E-state index contributed by atoms with van der Waals surface area (Å²) in [6.07, 6.45) is 0.564. The molecule has 1 unspecified atom stereocenters. The van der Waals surface area contributed by atoms with Crippen LogP contribution in [0.3, 0.4) is 0 Å². The van der Waals surface area contributed by atoms with Crippen molar-refractivity contribution in [1.29, 1.82) is 0 Å². The Morgan fingerprint density at radius 1 is 1.47 bits per heavy atom. The standard InChI is InChI=1S/C5H11O8PS/c1-3-12-4(6)5(14(7,8)9)13-15(2,10)11/h5H,3H2,1-2H3,(H2,7,8,9). The lowest BCUT2D eigenvalue weighted by Crippen LogP contribution is -2.28. The normalized spacial score (nSPS) is 14.7. The lowest BCUT2D eigenvalue weighted by Gasteiger charge is -2.15. The molecule has 0 aromatic rings. The zero-order valence-electron chi connectivity index (χ0n) is 7.98. The number of ether oxygens (including phenoxy) is 1. The molecule has 0 saturated heterocycles.